The van der Waals surface area contributed by atoms with Crippen LogP contribution in [-0.4, -0.2) is 19.5 Å². The van der Waals surface area contributed by atoms with E-state index in [1.165, 1.54) is 30.3 Å². The van der Waals surface area contributed by atoms with Crippen molar-refractivity contribution in [2.24, 2.45) is 11.8 Å². The van der Waals surface area contributed by atoms with Gasteiger partial charge in [0.05, 0.1) is 18.8 Å². The van der Waals surface area contributed by atoms with E-state index in [1.54, 1.807) is 0 Å². The molecule has 174 valence electrons. The first-order chi connectivity index (χ1) is 15.5. The third-order valence-electron chi connectivity index (χ3n) is 7.04. The highest BCUT2D eigenvalue weighted by Crippen LogP contribution is 2.40. The SMILES string of the molecule is CCCC1COC(CCC2CCC(c3cc(F)c(-c4cccc(F)c4)c(F)c3)CC2)OC1. The van der Waals surface area contributed by atoms with Gasteiger partial charge in [0.1, 0.15) is 17.5 Å². The Kier molecular flexibility index (Phi) is 7.90. The molecule has 0 unspecified atom stereocenters. The molecule has 5 heteroatoms. The second-order valence-corrected chi connectivity index (χ2v) is 9.42. The van der Waals surface area contributed by atoms with Gasteiger partial charge in [-0.2, -0.15) is 0 Å². The summed E-state index contributed by atoms with van der Waals surface area (Å²) in [4.78, 5) is 0. The molecule has 1 aliphatic heterocycles. The average Bonchev–Trinajstić information content (AvgIpc) is 2.79. The molecular weight excluding hydrogens is 413 g/mol. The van der Waals surface area contributed by atoms with Gasteiger partial charge in [0.25, 0.3) is 0 Å². The Hall–Kier alpha value is -1.85. The highest BCUT2D eigenvalue weighted by Gasteiger charge is 2.27. The summed E-state index contributed by atoms with van der Waals surface area (Å²) in [7, 11) is 0. The zero-order valence-corrected chi connectivity index (χ0v) is 18.8. The minimum Gasteiger partial charge on any atom is -0.352 e. The van der Waals surface area contributed by atoms with Gasteiger partial charge in [0, 0.05) is 5.92 Å². The highest BCUT2D eigenvalue weighted by molar-refractivity contribution is 5.65. The van der Waals surface area contributed by atoms with Gasteiger partial charge < -0.3 is 9.47 Å². The molecule has 1 heterocycles. The fourth-order valence-corrected chi connectivity index (χ4v) is 5.23. The molecule has 0 atom stereocenters. The van der Waals surface area contributed by atoms with Crippen molar-refractivity contribution in [3.63, 3.8) is 0 Å². The molecule has 4 rings (SSSR count). The van der Waals surface area contributed by atoms with E-state index in [4.69, 9.17) is 9.47 Å². The lowest BCUT2D eigenvalue weighted by atomic mass is 9.77. The Morgan fingerprint density at radius 3 is 2.12 bits per heavy atom. The van der Waals surface area contributed by atoms with Gasteiger partial charge in [0.15, 0.2) is 6.29 Å². The Bertz CT molecular complexity index is 861. The van der Waals surface area contributed by atoms with Gasteiger partial charge >= 0.3 is 0 Å². The van der Waals surface area contributed by atoms with Crippen LogP contribution in [0.3, 0.4) is 0 Å². The van der Waals surface area contributed by atoms with Crippen molar-refractivity contribution >= 4 is 0 Å². The normalized spacial score (nSPS) is 26.2. The molecule has 0 aromatic heterocycles. The van der Waals surface area contributed by atoms with Crippen molar-refractivity contribution in [1.82, 2.24) is 0 Å². The maximum Gasteiger partial charge on any atom is 0.157 e. The third kappa shape index (κ3) is 5.74. The van der Waals surface area contributed by atoms with Crippen molar-refractivity contribution in [2.45, 2.75) is 70.5 Å². The fourth-order valence-electron chi connectivity index (χ4n) is 5.23. The molecule has 1 aliphatic carbocycles. The van der Waals surface area contributed by atoms with Crippen molar-refractivity contribution in [2.75, 3.05) is 13.2 Å². The van der Waals surface area contributed by atoms with E-state index in [-0.39, 0.29) is 23.3 Å². The van der Waals surface area contributed by atoms with Gasteiger partial charge in [-0.3, -0.25) is 0 Å². The first-order valence-corrected chi connectivity index (χ1v) is 12.0. The molecule has 0 spiro atoms. The monoisotopic (exact) mass is 446 g/mol. The summed E-state index contributed by atoms with van der Waals surface area (Å²) in [5.41, 5.74) is 0.776. The van der Waals surface area contributed by atoms with E-state index in [0.29, 0.717) is 17.4 Å². The summed E-state index contributed by atoms with van der Waals surface area (Å²) >= 11 is 0. The number of ether oxygens (including phenoxy) is 2. The maximum absolute atomic E-state index is 14.8. The number of benzene rings is 2. The standard InChI is InChI=1S/C27H33F3O2/c1-2-4-19-16-31-26(32-17-19)12-9-18-7-10-20(11-8-18)22-14-24(29)27(25(30)15-22)21-5-3-6-23(28)13-21/h3,5-6,13-15,18-20,26H,2,4,7-12,16-17H2,1H3. The van der Waals surface area contributed by atoms with Gasteiger partial charge in [-0.25, -0.2) is 13.2 Å². The van der Waals surface area contributed by atoms with Crippen LogP contribution in [-0.2, 0) is 9.47 Å². The second kappa shape index (κ2) is 10.8. The highest BCUT2D eigenvalue weighted by atomic mass is 19.1. The number of hydrogen-bond acceptors (Lipinski definition) is 2. The van der Waals surface area contributed by atoms with Gasteiger partial charge in [-0.15, -0.1) is 0 Å². The van der Waals surface area contributed by atoms with E-state index in [9.17, 15) is 13.2 Å². The molecule has 0 N–H and O–H groups in total. The minimum atomic E-state index is -0.624. The topological polar surface area (TPSA) is 18.5 Å². The van der Waals surface area contributed by atoms with Crippen molar-refractivity contribution in [3.8, 4) is 11.1 Å². The summed E-state index contributed by atoms with van der Waals surface area (Å²) in [5.74, 6) is -0.462. The molecule has 32 heavy (non-hydrogen) atoms. The van der Waals surface area contributed by atoms with Crippen LogP contribution in [0.5, 0.6) is 0 Å². The lowest BCUT2D eigenvalue weighted by Gasteiger charge is -2.32. The van der Waals surface area contributed by atoms with Crippen LogP contribution in [0.1, 0.15) is 69.8 Å². The van der Waals surface area contributed by atoms with Crippen LogP contribution in [0.15, 0.2) is 36.4 Å². The predicted molar refractivity (Wildman–Crippen MR) is 120 cm³/mol. The van der Waals surface area contributed by atoms with E-state index >= 15 is 0 Å². The third-order valence-corrected chi connectivity index (χ3v) is 7.04. The van der Waals surface area contributed by atoms with Crippen LogP contribution >= 0.6 is 0 Å². The molecule has 2 aromatic rings. The van der Waals surface area contributed by atoms with Crippen LogP contribution in [0.4, 0.5) is 13.2 Å². The van der Waals surface area contributed by atoms with Crippen molar-refractivity contribution in [1.29, 1.82) is 0 Å². The molecule has 0 radical (unpaired) electrons. The number of halogens is 3. The maximum atomic E-state index is 14.8. The lowest BCUT2D eigenvalue weighted by Crippen LogP contribution is -2.32. The van der Waals surface area contributed by atoms with Crippen molar-refractivity contribution < 1.29 is 22.6 Å². The Labute approximate surface area is 189 Å². The molecule has 0 bridgehead atoms. The van der Waals surface area contributed by atoms with Crippen LogP contribution in [0.25, 0.3) is 11.1 Å². The second-order valence-electron chi connectivity index (χ2n) is 9.42. The van der Waals surface area contributed by atoms with E-state index in [2.05, 4.69) is 6.92 Å². The van der Waals surface area contributed by atoms with E-state index < -0.39 is 17.5 Å². The van der Waals surface area contributed by atoms with Crippen LogP contribution in [0, 0.1) is 29.3 Å². The number of hydrogen-bond donors (Lipinski definition) is 0. The molecule has 2 aromatic carbocycles. The summed E-state index contributed by atoms with van der Waals surface area (Å²) < 4.78 is 54.8. The predicted octanol–water partition coefficient (Wildman–Crippen LogP) is 7.61. The molecule has 2 nitrogen and oxygen atoms in total. The first kappa shape index (κ1) is 23.3. The molecular formula is C27H33F3O2. The van der Waals surface area contributed by atoms with E-state index in [0.717, 1.165) is 70.6 Å². The van der Waals surface area contributed by atoms with E-state index in [1.807, 2.05) is 0 Å². The van der Waals surface area contributed by atoms with Gasteiger partial charge in [0.2, 0.25) is 0 Å². The molecule has 2 aliphatic rings. The Morgan fingerprint density at radius 1 is 0.812 bits per heavy atom. The fraction of sp³-hybridized carbons (Fsp3) is 0.556. The summed E-state index contributed by atoms with van der Waals surface area (Å²) in [6.07, 6.45) is 8.15. The smallest absolute Gasteiger partial charge is 0.157 e. The lowest BCUT2D eigenvalue weighted by molar-refractivity contribution is -0.205. The minimum absolute atomic E-state index is 0.0839. The van der Waals surface area contributed by atoms with Gasteiger partial charge in [-0.05, 0) is 92.2 Å². The quantitative estimate of drug-likeness (QED) is 0.436. The van der Waals surface area contributed by atoms with Crippen LogP contribution < -0.4 is 0 Å². The van der Waals surface area contributed by atoms with Crippen LogP contribution in [0.2, 0.25) is 0 Å². The Balaban J connectivity index is 1.29. The zero-order valence-electron chi connectivity index (χ0n) is 18.8. The van der Waals surface area contributed by atoms with Gasteiger partial charge in [-0.1, -0.05) is 25.5 Å². The summed E-state index contributed by atoms with van der Waals surface area (Å²) in [6, 6.07) is 8.29. The summed E-state index contributed by atoms with van der Waals surface area (Å²) in [5, 5.41) is 0. The Morgan fingerprint density at radius 2 is 1.50 bits per heavy atom. The molecule has 1 saturated carbocycles. The largest absolute Gasteiger partial charge is 0.352 e. The average molecular weight is 447 g/mol. The molecule has 0 amide bonds. The molecule has 2 fully saturated rings. The number of rotatable bonds is 7. The summed E-state index contributed by atoms with van der Waals surface area (Å²) in [6.45, 7) is 3.78. The zero-order chi connectivity index (χ0) is 22.5. The molecule has 1 saturated heterocycles. The van der Waals surface area contributed by atoms with Crippen molar-refractivity contribution in [3.05, 3.63) is 59.4 Å². The first-order valence-electron chi connectivity index (χ1n) is 12.0.